The molecule has 1 fully saturated rings. The molecule has 4 rings (SSSR count). The van der Waals surface area contributed by atoms with Crippen LogP contribution in [0.15, 0.2) is 47.8 Å². The highest BCUT2D eigenvalue weighted by Gasteiger charge is 2.31. The van der Waals surface area contributed by atoms with Gasteiger partial charge >= 0.3 is 0 Å². The molecule has 0 radical (unpaired) electrons. The molecule has 0 unspecified atom stereocenters. The Balaban J connectivity index is 1.63. The number of imidazole rings is 1. The van der Waals surface area contributed by atoms with Crippen LogP contribution in [0.2, 0.25) is 0 Å². The fourth-order valence-corrected chi connectivity index (χ4v) is 3.98. The largest absolute Gasteiger partial charge is 0.510 e. The number of benzene rings is 1. The smallest absolute Gasteiger partial charge is 0.192 e. The Morgan fingerprint density at radius 1 is 1.46 bits per heavy atom. The molecule has 2 N–H and O–H groups in total. The summed E-state index contributed by atoms with van der Waals surface area (Å²) in [5.74, 6) is 1.76. The van der Waals surface area contributed by atoms with Crippen LogP contribution in [0.4, 0.5) is 0 Å². The number of nitrogens with one attached hydrogen (secondary N) is 1. The highest BCUT2D eigenvalue weighted by atomic mass is 32.2. The third-order valence-corrected chi connectivity index (χ3v) is 5.75. The van der Waals surface area contributed by atoms with Gasteiger partial charge in [-0.05, 0) is 31.9 Å². The number of aliphatic hydroxyl groups excluding tert-OH is 1. The van der Waals surface area contributed by atoms with Gasteiger partial charge in [-0.25, -0.2) is 4.98 Å². The van der Waals surface area contributed by atoms with Gasteiger partial charge in [-0.1, -0.05) is 30.0 Å². The molecule has 8 heteroatoms. The first-order valence-electron chi connectivity index (χ1n) is 9.11. The summed E-state index contributed by atoms with van der Waals surface area (Å²) in [5.41, 5.74) is 1.70. The Hall–Kier alpha value is -3.05. The number of hydrogen-bond donors (Lipinski definition) is 2. The summed E-state index contributed by atoms with van der Waals surface area (Å²) in [6.07, 6.45) is 4.07. The molecule has 7 nitrogen and oxygen atoms in total. The van der Waals surface area contributed by atoms with Gasteiger partial charge in [0.25, 0.3) is 0 Å². The van der Waals surface area contributed by atoms with Gasteiger partial charge in [-0.2, -0.15) is 5.26 Å². The number of aromatic amines is 1. The van der Waals surface area contributed by atoms with E-state index >= 15 is 0 Å². The molecule has 2 heterocycles. The molecular formula is C20H20N6OS. The molecule has 2 aromatic heterocycles. The van der Waals surface area contributed by atoms with Crippen LogP contribution in [-0.4, -0.2) is 35.1 Å². The lowest BCUT2D eigenvalue weighted by Gasteiger charge is -2.12. The quantitative estimate of drug-likeness (QED) is 0.270. The summed E-state index contributed by atoms with van der Waals surface area (Å²) in [4.78, 5) is 7.52. The third kappa shape index (κ3) is 3.41. The lowest BCUT2D eigenvalue weighted by molar-refractivity contribution is 0.401. The van der Waals surface area contributed by atoms with Crippen molar-refractivity contribution in [2.24, 2.45) is 0 Å². The van der Waals surface area contributed by atoms with Crippen molar-refractivity contribution in [1.29, 1.82) is 5.26 Å². The summed E-state index contributed by atoms with van der Waals surface area (Å²) in [5, 5.41) is 29.3. The maximum Gasteiger partial charge on any atom is 0.192 e. The van der Waals surface area contributed by atoms with Crippen molar-refractivity contribution >= 4 is 28.4 Å². The van der Waals surface area contributed by atoms with Crippen molar-refractivity contribution in [3.63, 3.8) is 0 Å². The fraction of sp³-hybridized carbons (Fsp3) is 0.300. The predicted molar refractivity (Wildman–Crippen MR) is 109 cm³/mol. The van der Waals surface area contributed by atoms with Crippen LogP contribution < -0.4 is 0 Å². The Morgan fingerprint density at radius 2 is 2.25 bits per heavy atom. The van der Waals surface area contributed by atoms with Gasteiger partial charge in [-0.3, -0.25) is 0 Å². The molecule has 1 aliphatic rings. The molecule has 0 spiro atoms. The van der Waals surface area contributed by atoms with Crippen molar-refractivity contribution in [1.82, 2.24) is 24.7 Å². The Morgan fingerprint density at radius 3 is 2.93 bits per heavy atom. The molecule has 28 heavy (non-hydrogen) atoms. The number of allylic oxidation sites excluding steroid dienone is 2. The third-order valence-electron chi connectivity index (χ3n) is 4.66. The second kappa shape index (κ2) is 7.52. The summed E-state index contributed by atoms with van der Waals surface area (Å²) in [6.45, 7) is 6.27. The van der Waals surface area contributed by atoms with Gasteiger partial charge in [0.2, 0.25) is 0 Å². The summed E-state index contributed by atoms with van der Waals surface area (Å²) >= 11 is 1.37. The zero-order valence-electron chi connectivity index (χ0n) is 15.5. The minimum absolute atomic E-state index is 0.0346. The highest BCUT2D eigenvalue weighted by Crippen LogP contribution is 2.40. The van der Waals surface area contributed by atoms with Crippen molar-refractivity contribution < 1.29 is 5.11 Å². The number of aromatic nitrogens is 5. The first-order valence-corrected chi connectivity index (χ1v) is 9.99. The number of para-hydroxylation sites is 2. The Bertz CT molecular complexity index is 1070. The van der Waals surface area contributed by atoms with E-state index in [1.54, 1.807) is 0 Å². The van der Waals surface area contributed by atoms with E-state index in [2.05, 4.69) is 32.8 Å². The molecule has 0 amide bonds. The molecule has 142 valence electrons. The standard InChI is InChI=1S/C20H20N6OS/c1-3-10-26-19(13-8-9-13)24-25-20(26)28-12(2)17(27)14(11-21)18-22-15-6-4-5-7-16(15)23-18/h3-7,12-13,27H,1,8-10H2,2H3,(H,22,23)/t12-/m0/s1. The molecule has 0 bridgehead atoms. The number of nitriles is 1. The zero-order chi connectivity index (χ0) is 19.7. The molecule has 1 saturated carbocycles. The second-order valence-electron chi connectivity index (χ2n) is 6.75. The van der Waals surface area contributed by atoms with Gasteiger partial charge in [0.15, 0.2) is 11.0 Å². The highest BCUT2D eigenvalue weighted by molar-refractivity contribution is 7.99. The number of fused-ring (bicyclic) bond motifs is 1. The average molecular weight is 392 g/mol. The number of nitrogens with zero attached hydrogens (tertiary/aromatic N) is 5. The van der Waals surface area contributed by atoms with Crippen molar-refractivity contribution in [3.8, 4) is 6.07 Å². The van der Waals surface area contributed by atoms with Gasteiger partial charge in [0.1, 0.15) is 23.2 Å². The van der Waals surface area contributed by atoms with Crippen LogP contribution >= 0.6 is 11.8 Å². The molecule has 1 aliphatic carbocycles. The molecule has 1 atom stereocenters. The first kappa shape index (κ1) is 18.3. The minimum atomic E-state index is -0.386. The van der Waals surface area contributed by atoms with Crippen molar-refractivity contribution in [2.45, 2.75) is 42.6 Å². The van der Waals surface area contributed by atoms with Crippen molar-refractivity contribution in [3.05, 3.63) is 54.3 Å². The topological polar surface area (TPSA) is 103 Å². The summed E-state index contributed by atoms with van der Waals surface area (Å²) < 4.78 is 2.03. The van der Waals surface area contributed by atoms with E-state index in [1.807, 2.05) is 41.8 Å². The van der Waals surface area contributed by atoms with E-state index in [0.29, 0.717) is 23.4 Å². The maximum atomic E-state index is 10.8. The van der Waals surface area contributed by atoms with Crippen LogP contribution in [0.3, 0.4) is 0 Å². The van der Waals surface area contributed by atoms with E-state index in [-0.39, 0.29) is 16.6 Å². The van der Waals surface area contributed by atoms with Crippen LogP contribution in [0.1, 0.15) is 37.3 Å². The number of aliphatic hydroxyl groups is 1. The Kier molecular flexibility index (Phi) is 4.92. The van der Waals surface area contributed by atoms with Gasteiger partial charge in [0.05, 0.1) is 16.3 Å². The predicted octanol–water partition coefficient (Wildman–Crippen LogP) is 4.19. The van der Waals surface area contributed by atoms with Gasteiger partial charge in [0, 0.05) is 12.5 Å². The first-order chi connectivity index (χ1) is 13.6. The molecule has 0 aliphatic heterocycles. The number of H-pyrrole nitrogens is 1. The number of thioether (sulfide) groups is 1. The molecular weight excluding hydrogens is 372 g/mol. The van der Waals surface area contributed by atoms with E-state index in [0.717, 1.165) is 29.7 Å². The lowest BCUT2D eigenvalue weighted by Crippen LogP contribution is -2.08. The number of rotatable bonds is 7. The number of hydrogen-bond acceptors (Lipinski definition) is 6. The van der Waals surface area contributed by atoms with Gasteiger partial charge < -0.3 is 14.7 Å². The molecule has 0 saturated heterocycles. The second-order valence-corrected chi connectivity index (χ2v) is 8.06. The summed E-state index contributed by atoms with van der Waals surface area (Å²) in [6, 6.07) is 9.59. The van der Waals surface area contributed by atoms with Crippen LogP contribution in [0, 0.1) is 11.3 Å². The monoisotopic (exact) mass is 392 g/mol. The van der Waals surface area contributed by atoms with Crippen LogP contribution in [-0.2, 0) is 6.54 Å². The lowest BCUT2D eigenvalue weighted by atomic mass is 10.2. The van der Waals surface area contributed by atoms with E-state index in [4.69, 9.17) is 0 Å². The zero-order valence-corrected chi connectivity index (χ0v) is 16.3. The average Bonchev–Trinajstić information content (AvgIpc) is 3.33. The normalized spacial score (nSPS) is 15.9. The van der Waals surface area contributed by atoms with Gasteiger partial charge in [-0.15, -0.1) is 16.8 Å². The SMILES string of the molecule is C=CCn1c(S[C@@H](C)C(O)=C(C#N)c2nc3ccccc3[nH]2)nnc1C1CC1. The van der Waals surface area contributed by atoms with E-state index in [9.17, 15) is 10.4 Å². The Labute approximate surface area is 166 Å². The molecule has 1 aromatic carbocycles. The van der Waals surface area contributed by atoms with Crippen LogP contribution in [0.25, 0.3) is 16.6 Å². The maximum absolute atomic E-state index is 10.8. The minimum Gasteiger partial charge on any atom is -0.510 e. The van der Waals surface area contributed by atoms with E-state index < -0.39 is 0 Å². The van der Waals surface area contributed by atoms with Crippen LogP contribution in [0.5, 0.6) is 0 Å². The fourth-order valence-electron chi connectivity index (χ4n) is 3.05. The van der Waals surface area contributed by atoms with Crippen molar-refractivity contribution in [2.75, 3.05) is 0 Å². The van der Waals surface area contributed by atoms with E-state index in [1.165, 1.54) is 11.8 Å². The molecule has 3 aromatic rings. The summed E-state index contributed by atoms with van der Waals surface area (Å²) in [7, 11) is 0.